The summed E-state index contributed by atoms with van der Waals surface area (Å²) in [5.74, 6) is 0. The third-order valence-electron chi connectivity index (χ3n) is 1.52. The van der Waals surface area contributed by atoms with E-state index in [-0.39, 0.29) is 4.90 Å². The van der Waals surface area contributed by atoms with Crippen LogP contribution in [-0.2, 0) is 10.0 Å². The van der Waals surface area contributed by atoms with Crippen molar-refractivity contribution in [3.05, 3.63) is 28.2 Å². The van der Waals surface area contributed by atoms with Crippen molar-refractivity contribution in [3.8, 4) is 0 Å². The molecule has 0 unspecified atom stereocenters. The van der Waals surface area contributed by atoms with Gasteiger partial charge in [-0.3, -0.25) is 0 Å². The summed E-state index contributed by atoms with van der Waals surface area (Å²) in [5.41, 5.74) is 0.639. The summed E-state index contributed by atoms with van der Waals surface area (Å²) in [6, 6.07) is 4.89. The Morgan fingerprint density at radius 2 is 2.00 bits per heavy atom. The van der Waals surface area contributed by atoms with E-state index in [2.05, 4.69) is 15.9 Å². The molecule has 5 heteroatoms. The molecule has 0 fully saturated rings. The summed E-state index contributed by atoms with van der Waals surface area (Å²) >= 11 is 3.22. The first-order valence-corrected chi connectivity index (χ1v) is 5.55. The fourth-order valence-electron chi connectivity index (χ4n) is 0.896. The van der Waals surface area contributed by atoms with E-state index < -0.39 is 10.0 Å². The maximum absolute atomic E-state index is 11.0. The quantitative estimate of drug-likeness (QED) is 0.819. The lowest BCUT2D eigenvalue weighted by atomic mass is 10.2. The Morgan fingerprint density at radius 1 is 1.42 bits per heavy atom. The standard InChI is InChI=1S/C7H8BrNO2S/c1-5-6(8)3-2-4-7(5)12(9,10)11/h2-4H,1H3,(H2,9,10,11). The predicted octanol–water partition coefficient (Wildman–Crippen LogP) is 1.40. The molecule has 0 aliphatic rings. The highest BCUT2D eigenvalue weighted by molar-refractivity contribution is 9.10. The third kappa shape index (κ3) is 1.85. The molecule has 1 aromatic carbocycles. The minimum absolute atomic E-state index is 0.164. The monoisotopic (exact) mass is 249 g/mol. The number of nitrogens with two attached hydrogens (primary N) is 1. The fourth-order valence-corrected chi connectivity index (χ4v) is 2.20. The lowest BCUT2D eigenvalue weighted by molar-refractivity contribution is 0.597. The van der Waals surface area contributed by atoms with Crippen LogP contribution in [0.5, 0.6) is 0 Å². The van der Waals surface area contributed by atoms with Crippen LogP contribution in [0.3, 0.4) is 0 Å². The molecule has 1 aromatic rings. The van der Waals surface area contributed by atoms with Crippen LogP contribution in [0.25, 0.3) is 0 Å². The van der Waals surface area contributed by atoms with Crippen molar-refractivity contribution < 1.29 is 8.42 Å². The Labute approximate surface area is 79.8 Å². The third-order valence-corrected chi connectivity index (χ3v) is 3.44. The first kappa shape index (κ1) is 9.70. The molecule has 1 rings (SSSR count). The van der Waals surface area contributed by atoms with Crippen LogP contribution < -0.4 is 5.14 Å². The lowest BCUT2D eigenvalue weighted by Gasteiger charge is -2.03. The molecule has 0 radical (unpaired) electrons. The van der Waals surface area contributed by atoms with Gasteiger partial charge in [-0.25, -0.2) is 13.6 Å². The van der Waals surface area contributed by atoms with Gasteiger partial charge in [-0.05, 0) is 24.6 Å². The minimum atomic E-state index is -3.59. The van der Waals surface area contributed by atoms with Crippen LogP contribution in [0.1, 0.15) is 5.56 Å². The van der Waals surface area contributed by atoms with E-state index in [0.29, 0.717) is 5.56 Å². The Balaban J connectivity index is 3.47. The molecule has 0 aliphatic heterocycles. The van der Waals surface area contributed by atoms with E-state index in [1.807, 2.05) is 0 Å². The molecule has 12 heavy (non-hydrogen) atoms. The van der Waals surface area contributed by atoms with Gasteiger partial charge in [0.1, 0.15) is 0 Å². The molecule has 0 bridgehead atoms. The van der Waals surface area contributed by atoms with Gasteiger partial charge in [-0.2, -0.15) is 0 Å². The molecular weight excluding hydrogens is 242 g/mol. The summed E-state index contributed by atoms with van der Waals surface area (Å²) in [7, 11) is -3.59. The Bertz CT molecular complexity index is 400. The van der Waals surface area contributed by atoms with Crippen LogP contribution in [0.15, 0.2) is 27.6 Å². The number of sulfonamides is 1. The number of rotatable bonds is 1. The van der Waals surface area contributed by atoms with Crippen molar-refractivity contribution in [2.75, 3.05) is 0 Å². The SMILES string of the molecule is Cc1c(Br)cccc1S(N)(=O)=O. The Hall–Kier alpha value is -0.390. The van der Waals surface area contributed by atoms with E-state index in [1.54, 1.807) is 19.1 Å². The largest absolute Gasteiger partial charge is 0.238 e. The second-order valence-corrected chi connectivity index (χ2v) is 4.79. The first-order chi connectivity index (χ1) is 5.43. The van der Waals surface area contributed by atoms with E-state index in [9.17, 15) is 8.42 Å². The highest BCUT2D eigenvalue weighted by Crippen LogP contribution is 2.21. The minimum Gasteiger partial charge on any atom is -0.225 e. The van der Waals surface area contributed by atoms with Gasteiger partial charge >= 0.3 is 0 Å². The molecule has 2 N–H and O–H groups in total. The van der Waals surface area contributed by atoms with E-state index in [4.69, 9.17) is 5.14 Å². The topological polar surface area (TPSA) is 60.2 Å². The number of hydrogen-bond donors (Lipinski definition) is 1. The molecule has 0 amide bonds. The second-order valence-electron chi connectivity index (χ2n) is 2.41. The number of primary sulfonamides is 1. The molecule has 0 saturated heterocycles. The summed E-state index contributed by atoms with van der Waals surface area (Å²) in [4.78, 5) is 0.164. The van der Waals surface area contributed by atoms with Gasteiger partial charge in [-0.15, -0.1) is 0 Å². The van der Waals surface area contributed by atoms with Gasteiger partial charge in [0.15, 0.2) is 0 Å². The van der Waals surface area contributed by atoms with E-state index >= 15 is 0 Å². The Morgan fingerprint density at radius 3 is 2.42 bits per heavy atom. The van der Waals surface area contributed by atoms with Crippen molar-refractivity contribution in [1.29, 1.82) is 0 Å². The highest BCUT2D eigenvalue weighted by Gasteiger charge is 2.11. The van der Waals surface area contributed by atoms with E-state index in [1.165, 1.54) is 6.07 Å². The molecule has 0 aromatic heterocycles. The second kappa shape index (κ2) is 3.16. The van der Waals surface area contributed by atoms with Crippen molar-refractivity contribution in [2.45, 2.75) is 11.8 Å². The van der Waals surface area contributed by atoms with Crippen LogP contribution >= 0.6 is 15.9 Å². The smallest absolute Gasteiger partial charge is 0.225 e. The summed E-state index contributed by atoms with van der Waals surface area (Å²) in [5, 5.41) is 4.98. The summed E-state index contributed by atoms with van der Waals surface area (Å²) in [6.45, 7) is 1.70. The average Bonchev–Trinajstić information content (AvgIpc) is 1.92. The molecule has 0 spiro atoms. The van der Waals surface area contributed by atoms with Crippen molar-refractivity contribution >= 4 is 26.0 Å². The normalized spacial score (nSPS) is 11.6. The first-order valence-electron chi connectivity index (χ1n) is 3.21. The van der Waals surface area contributed by atoms with Gasteiger partial charge in [0, 0.05) is 4.47 Å². The van der Waals surface area contributed by atoms with Crippen LogP contribution in [0.4, 0.5) is 0 Å². The molecule has 0 aliphatic carbocycles. The van der Waals surface area contributed by atoms with Crippen LogP contribution in [0.2, 0.25) is 0 Å². The number of hydrogen-bond acceptors (Lipinski definition) is 2. The van der Waals surface area contributed by atoms with Gasteiger partial charge in [0.05, 0.1) is 4.90 Å². The molecule has 66 valence electrons. The molecule has 0 saturated carbocycles. The summed E-state index contributed by atoms with van der Waals surface area (Å²) < 4.78 is 22.7. The zero-order valence-corrected chi connectivity index (χ0v) is 8.81. The average molecular weight is 250 g/mol. The molecule has 3 nitrogen and oxygen atoms in total. The zero-order chi connectivity index (χ0) is 9.35. The zero-order valence-electron chi connectivity index (χ0n) is 6.41. The van der Waals surface area contributed by atoms with Crippen molar-refractivity contribution in [1.82, 2.24) is 0 Å². The fraction of sp³-hybridized carbons (Fsp3) is 0.143. The van der Waals surface area contributed by atoms with Crippen LogP contribution in [-0.4, -0.2) is 8.42 Å². The predicted molar refractivity (Wildman–Crippen MR) is 50.3 cm³/mol. The molecular formula is C7H8BrNO2S. The van der Waals surface area contributed by atoms with Gasteiger partial charge in [0.25, 0.3) is 0 Å². The van der Waals surface area contributed by atoms with E-state index in [0.717, 1.165) is 4.47 Å². The Kier molecular flexibility index (Phi) is 2.55. The number of benzene rings is 1. The highest BCUT2D eigenvalue weighted by atomic mass is 79.9. The lowest BCUT2D eigenvalue weighted by Crippen LogP contribution is -2.13. The molecule has 0 atom stereocenters. The maximum atomic E-state index is 11.0. The maximum Gasteiger partial charge on any atom is 0.238 e. The molecule has 0 heterocycles. The number of halogens is 1. The van der Waals surface area contributed by atoms with Crippen molar-refractivity contribution in [2.24, 2.45) is 5.14 Å². The van der Waals surface area contributed by atoms with Gasteiger partial charge in [0.2, 0.25) is 10.0 Å². The summed E-state index contributed by atoms with van der Waals surface area (Å²) in [6.07, 6.45) is 0. The van der Waals surface area contributed by atoms with Crippen LogP contribution in [0, 0.1) is 6.92 Å². The van der Waals surface area contributed by atoms with Gasteiger partial charge < -0.3 is 0 Å². The van der Waals surface area contributed by atoms with Crippen molar-refractivity contribution in [3.63, 3.8) is 0 Å². The van der Waals surface area contributed by atoms with Gasteiger partial charge in [-0.1, -0.05) is 22.0 Å².